The highest BCUT2D eigenvalue weighted by Gasteiger charge is 2.15. The van der Waals surface area contributed by atoms with Crippen LogP contribution in [0.1, 0.15) is 25.7 Å². The number of rotatable bonds is 1. The fourth-order valence-corrected chi connectivity index (χ4v) is 1.61. The van der Waals surface area contributed by atoms with Crippen LogP contribution >= 0.6 is 0 Å². The molecule has 0 unspecified atom stereocenters. The van der Waals surface area contributed by atoms with Crippen molar-refractivity contribution in [2.45, 2.75) is 26.8 Å². The zero-order valence-corrected chi connectivity index (χ0v) is 8.84. The summed E-state index contributed by atoms with van der Waals surface area (Å²) in [5.74, 6) is -0.0278. The van der Waals surface area contributed by atoms with Crippen molar-refractivity contribution in [1.29, 1.82) is 0 Å². The molecule has 2 aromatic heterocycles. The Bertz CT molecular complexity index is 568. The minimum Gasteiger partial charge on any atom is -0.327 e. The molecule has 0 fully saturated rings. The largest absolute Gasteiger partial charge is 0.327 e. The lowest BCUT2D eigenvalue weighted by atomic mass is 10.4. The summed E-state index contributed by atoms with van der Waals surface area (Å²) in [6.07, 6.45) is 1.32. The van der Waals surface area contributed by atoms with Crippen LogP contribution in [-0.2, 0) is 0 Å². The third-order valence-corrected chi connectivity index (χ3v) is 2.31. The Morgan fingerprint density at radius 2 is 2.20 bits per heavy atom. The van der Waals surface area contributed by atoms with Crippen molar-refractivity contribution in [1.82, 2.24) is 14.5 Å². The summed E-state index contributed by atoms with van der Waals surface area (Å²) in [4.78, 5) is 18.1. The Morgan fingerprint density at radius 3 is 2.80 bits per heavy atom. The van der Waals surface area contributed by atoms with Crippen molar-refractivity contribution in [3.8, 4) is 0 Å². The molecular formula is C10H12FN3O. The average molecular weight is 209 g/mol. The van der Waals surface area contributed by atoms with Crippen LogP contribution in [-0.4, -0.2) is 14.5 Å². The number of nitrogens with one attached hydrogen (secondary N) is 1. The Balaban J connectivity index is 2.93. The number of aryl methyl sites for hydroxylation is 1. The number of H-pyrrole nitrogens is 1. The number of fused-ring (bicyclic) bond motifs is 1. The van der Waals surface area contributed by atoms with Crippen LogP contribution < -0.4 is 5.56 Å². The minimum atomic E-state index is -0.521. The number of nitrogens with zero attached hydrogens (tertiary/aromatic N) is 2. The molecule has 2 rings (SSSR count). The van der Waals surface area contributed by atoms with Crippen molar-refractivity contribution in [2.24, 2.45) is 0 Å². The number of aromatic amines is 1. The Labute approximate surface area is 85.8 Å². The zero-order chi connectivity index (χ0) is 11.2. The Hall–Kier alpha value is -1.65. The van der Waals surface area contributed by atoms with Gasteiger partial charge in [0.1, 0.15) is 11.2 Å². The summed E-state index contributed by atoms with van der Waals surface area (Å²) in [7, 11) is 0. The summed E-state index contributed by atoms with van der Waals surface area (Å²) in [5.41, 5.74) is -0.0156. The number of hydrogen-bond donors (Lipinski definition) is 1. The van der Waals surface area contributed by atoms with Gasteiger partial charge in [-0.25, -0.2) is 9.37 Å². The Kier molecular flexibility index (Phi) is 2.10. The van der Waals surface area contributed by atoms with E-state index in [4.69, 9.17) is 0 Å². The summed E-state index contributed by atoms with van der Waals surface area (Å²) >= 11 is 0. The summed E-state index contributed by atoms with van der Waals surface area (Å²) in [6.45, 7) is 5.50. The van der Waals surface area contributed by atoms with Crippen molar-refractivity contribution >= 4 is 11.0 Å². The molecule has 1 N–H and O–H groups in total. The van der Waals surface area contributed by atoms with E-state index in [0.717, 1.165) is 0 Å². The van der Waals surface area contributed by atoms with E-state index < -0.39 is 11.4 Å². The van der Waals surface area contributed by atoms with Gasteiger partial charge >= 0.3 is 0 Å². The third kappa shape index (κ3) is 1.44. The first kappa shape index (κ1) is 9.89. The molecule has 0 radical (unpaired) electrons. The SMILES string of the molecule is Cc1nc2c(c(F)cn2C(C)C)c(=O)[nH]1. The molecule has 4 nitrogen and oxygen atoms in total. The molecule has 2 aromatic rings. The number of hydrogen-bond acceptors (Lipinski definition) is 2. The topological polar surface area (TPSA) is 50.7 Å². The van der Waals surface area contributed by atoms with Gasteiger partial charge < -0.3 is 9.55 Å². The Morgan fingerprint density at radius 1 is 1.53 bits per heavy atom. The second kappa shape index (κ2) is 3.18. The van der Waals surface area contributed by atoms with E-state index in [1.54, 1.807) is 11.5 Å². The first-order valence-corrected chi connectivity index (χ1v) is 4.77. The van der Waals surface area contributed by atoms with Gasteiger partial charge in [0.05, 0.1) is 0 Å². The van der Waals surface area contributed by atoms with E-state index in [1.165, 1.54) is 6.20 Å². The molecule has 0 saturated heterocycles. The van der Waals surface area contributed by atoms with Crippen LogP contribution in [0.4, 0.5) is 4.39 Å². The first-order valence-electron chi connectivity index (χ1n) is 4.77. The first-order chi connectivity index (χ1) is 7.00. The molecule has 0 atom stereocenters. The highest BCUT2D eigenvalue weighted by Crippen LogP contribution is 2.18. The normalized spacial score (nSPS) is 11.5. The molecule has 0 saturated carbocycles. The van der Waals surface area contributed by atoms with Crippen LogP contribution in [0.5, 0.6) is 0 Å². The second-order valence-electron chi connectivity index (χ2n) is 3.83. The lowest BCUT2D eigenvalue weighted by molar-refractivity contribution is 0.585. The second-order valence-corrected chi connectivity index (χ2v) is 3.83. The van der Waals surface area contributed by atoms with E-state index in [1.807, 2.05) is 13.8 Å². The molecule has 15 heavy (non-hydrogen) atoms. The molecule has 0 aromatic carbocycles. The molecular weight excluding hydrogens is 197 g/mol. The summed E-state index contributed by atoms with van der Waals surface area (Å²) < 4.78 is 15.1. The van der Waals surface area contributed by atoms with Crippen molar-refractivity contribution in [3.63, 3.8) is 0 Å². The maximum Gasteiger partial charge on any atom is 0.263 e. The minimum absolute atomic E-state index is 0.0364. The fourth-order valence-electron chi connectivity index (χ4n) is 1.61. The molecule has 2 heterocycles. The highest BCUT2D eigenvalue weighted by atomic mass is 19.1. The van der Waals surface area contributed by atoms with Crippen molar-refractivity contribution < 1.29 is 4.39 Å². The molecule has 80 valence electrons. The molecule has 0 aliphatic heterocycles. The van der Waals surface area contributed by atoms with E-state index in [2.05, 4.69) is 9.97 Å². The van der Waals surface area contributed by atoms with Crippen LogP contribution in [0.25, 0.3) is 11.0 Å². The van der Waals surface area contributed by atoms with E-state index in [0.29, 0.717) is 11.5 Å². The molecule has 0 aliphatic carbocycles. The van der Waals surface area contributed by atoms with Crippen LogP contribution in [0, 0.1) is 12.7 Å². The van der Waals surface area contributed by atoms with E-state index >= 15 is 0 Å². The van der Waals surface area contributed by atoms with Gasteiger partial charge in [-0.3, -0.25) is 4.79 Å². The third-order valence-electron chi connectivity index (χ3n) is 2.31. The maximum absolute atomic E-state index is 13.5. The maximum atomic E-state index is 13.5. The monoisotopic (exact) mass is 209 g/mol. The highest BCUT2D eigenvalue weighted by molar-refractivity contribution is 5.76. The smallest absolute Gasteiger partial charge is 0.263 e. The quantitative estimate of drug-likeness (QED) is 0.777. The van der Waals surface area contributed by atoms with Gasteiger partial charge in [0, 0.05) is 12.2 Å². The van der Waals surface area contributed by atoms with Gasteiger partial charge in [0.15, 0.2) is 11.5 Å². The van der Waals surface area contributed by atoms with Crippen LogP contribution in [0.2, 0.25) is 0 Å². The molecule has 5 heteroatoms. The van der Waals surface area contributed by atoms with Gasteiger partial charge in [0.2, 0.25) is 0 Å². The molecule has 0 spiro atoms. The number of halogens is 1. The fraction of sp³-hybridized carbons (Fsp3) is 0.400. The summed E-state index contributed by atoms with van der Waals surface area (Å²) in [5, 5.41) is 0.0364. The van der Waals surface area contributed by atoms with Crippen LogP contribution in [0.3, 0.4) is 0 Å². The number of aromatic nitrogens is 3. The predicted octanol–water partition coefficient (Wildman–Crippen LogP) is 1.75. The van der Waals surface area contributed by atoms with Crippen LogP contribution in [0.15, 0.2) is 11.0 Å². The zero-order valence-electron chi connectivity index (χ0n) is 8.84. The lowest BCUT2D eigenvalue weighted by Gasteiger charge is -2.07. The van der Waals surface area contributed by atoms with E-state index in [9.17, 15) is 9.18 Å². The average Bonchev–Trinajstić information content (AvgIpc) is 2.42. The van der Waals surface area contributed by atoms with Gasteiger partial charge in [-0.1, -0.05) is 0 Å². The van der Waals surface area contributed by atoms with E-state index in [-0.39, 0.29) is 11.4 Å². The van der Waals surface area contributed by atoms with Gasteiger partial charge in [0.25, 0.3) is 5.56 Å². The van der Waals surface area contributed by atoms with Gasteiger partial charge in [-0.15, -0.1) is 0 Å². The summed E-state index contributed by atoms with van der Waals surface area (Å²) in [6, 6.07) is 0.0747. The van der Waals surface area contributed by atoms with Gasteiger partial charge in [-0.2, -0.15) is 0 Å². The molecule has 0 amide bonds. The molecule has 0 aliphatic rings. The standard InChI is InChI=1S/C10H12FN3O/c1-5(2)14-4-7(11)8-9(14)12-6(3)13-10(8)15/h4-5H,1-3H3,(H,12,13,15). The van der Waals surface area contributed by atoms with Crippen molar-refractivity contribution in [3.05, 3.63) is 28.2 Å². The predicted molar refractivity (Wildman–Crippen MR) is 55.4 cm³/mol. The van der Waals surface area contributed by atoms with Gasteiger partial charge in [-0.05, 0) is 20.8 Å². The molecule has 0 bridgehead atoms. The van der Waals surface area contributed by atoms with Crippen molar-refractivity contribution in [2.75, 3.05) is 0 Å². The lowest BCUT2D eigenvalue weighted by Crippen LogP contribution is -2.11.